The molecular formula is C27H41N3. The summed E-state index contributed by atoms with van der Waals surface area (Å²) >= 11 is 0. The Balaban J connectivity index is 1.25. The van der Waals surface area contributed by atoms with Crippen molar-refractivity contribution in [3.05, 3.63) is 59.7 Å². The van der Waals surface area contributed by atoms with Gasteiger partial charge in [0.05, 0.1) is 12.3 Å². The molecule has 0 aromatic heterocycles. The molecule has 3 aliphatic carbocycles. The molecule has 1 aromatic rings. The Morgan fingerprint density at radius 1 is 0.900 bits per heavy atom. The third-order valence-corrected chi connectivity index (χ3v) is 8.29. The van der Waals surface area contributed by atoms with Crippen LogP contribution in [0.2, 0.25) is 0 Å². The fourth-order valence-electron chi connectivity index (χ4n) is 5.96. The zero-order chi connectivity index (χ0) is 21.0. The van der Waals surface area contributed by atoms with Gasteiger partial charge in [0.1, 0.15) is 0 Å². The average molecular weight is 408 g/mol. The van der Waals surface area contributed by atoms with Crippen molar-refractivity contribution in [1.82, 2.24) is 5.32 Å². The highest BCUT2D eigenvalue weighted by atomic mass is 15.1. The van der Waals surface area contributed by atoms with Gasteiger partial charge >= 0.3 is 0 Å². The highest BCUT2D eigenvalue weighted by Crippen LogP contribution is 2.42. The van der Waals surface area contributed by atoms with E-state index < -0.39 is 0 Å². The summed E-state index contributed by atoms with van der Waals surface area (Å²) in [5, 5.41) is 3.60. The Labute approximate surface area is 183 Å². The van der Waals surface area contributed by atoms with Crippen LogP contribution in [0.5, 0.6) is 0 Å². The summed E-state index contributed by atoms with van der Waals surface area (Å²) < 4.78 is 0. The largest absolute Gasteiger partial charge is 0.316 e. The minimum absolute atomic E-state index is 0.00600. The van der Waals surface area contributed by atoms with Gasteiger partial charge in [0.2, 0.25) is 0 Å². The van der Waals surface area contributed by atoms with Crippen molar-refractivity contribution in [3.8, 4) is 0 Å². The van der Waals surface area contributed by atoms with E-state index in [9.17, 15) is 0 Å². The molecule has 0 aliphatic heterocycles. The molecule has 164 valence electrons. The van der Waals surface area contributed by atoms with Gasteiger partial charge in [-0.05, 0) is 92.9 Å². The van der Waals surface area contributed by atoms with Crippen LogP contribution in [0.3, 0.4) is 0 Å². The maximum absolute atomic E-state index is 6.61. The van der Waals surface area contributed by atoms with Gasteiger partial charge in [0.15, 0.2) is 0 Å². The van der Waals surface area contributed by atoms with E-state index in [1.165, 1.54) is 63.4 Å². The quantitative estimate of drug-likeness (QED) is 0.438. The van der Waals surface area contributed by atoms with Crippen LogP contribution in [0.4, 0.5) is 0 Å². The highest BCUT2D eigenvalue weighted by Gasteiger charge is 2.35. The van der Waals surface area contributed by atoms with Gasteiger partial charge in [-0.3, -0.25) is 5.32 Å². The van der Waals surface area contributed by atoms with Gasteiger partial charge in [-0.2, -0.15) is 0 Å². The summed E-state index contributed by atoms with van der Waals surface area (Å²) in [6.07, 6.45) is 19.3. The second kappa shape index (κ2) is 9.80. The minimum atomic E-state index is 0.00600. The summed E-state index contributed by atoms with van der Waals surface area (Å²) in [7, 11) is 0. The summed E-state index contributed by atoms with van der Waals surface area (Å²) in [5.74, 6) is 1.82. The molecule has 0 spiro atoms. The van der Waals surface area contributed by atoms with Gasteiger partial charge in [-0.15, -0.1) is 0 Å². The number of nitrogens with two attached hydrogens (primary N) is 2. The van der Waals surface area contributed by atoms with Gasteiger partial charge in [-0.25, -0.2) is 0 Å². The smallest absolute Gasteiger partial charge is 0.0590 e. The molecule has 0 heterocycles. The van der Waals surface area contributed by atoms with Crippen molar-refractivity contribution in [1.29, 1.82) is 0 Å². The molecule has 1 saturated carbocycles. The molecule has 4 rings (SSSR count). The maximum Gasteiger partial charge on any atom is 0.0590 e. The number of benzene rings is 1. The lowest BCUT2D eigenvalue weighted by atomic mass is 9.67. The van der Waals surface area contributed by atoms with Crippen molar-refractivity contribution in [2.45, 2.75) is 88.9 Å². The van der Waals surface area contributed by atoms with Crippen LogP contribution in [-0.2, 0) is 5.41 Å². The Morgan fingerprint density at radius 2 is 1.63 bits per heavy atom. The Morgan fingerprint density at radius 3 is 2.27 bits per heavy atom. The molecule has 4 atom stereocenters. The van der Waals surface area contributed by atoms with E-state index >= 15 is 0 Å². The summed E-state index contributed by atoms with van der Waals surface area (Å²) in [4.78, 5) is 0. The van der Waals surface area contributed by atoms with Crippen molar-refractivity contribution >= 4 is 0 Å². The van der Waals surface area contributed by atoms with Crippen molar-refractivity contribution in [2.75, 3.05) is 0 Å². The molecule has 5 N–H and O–H groups in total. The first-order valence-electron chi connectivity index (χ1n) is 12.2. The van der Waals surface area contributed by atoms with Gasteiger partial charge < -0.3 is 11.5 Å². The summed E-state index contributed by atoms with van der Waals surface area (Å²) in [6, 6.07) is 11.0. The lowest BCUT2D eigenvalue weighted by Crippen LogP contribution is -2.56. The second-order valence-corrected chi connectivity index (χ2v) is 10.3. The number of rotatable bonds is 6. The zero-order valence-corrected chi connectivity index (χ0v) is 18.7. The lowest BCUT2D eigenvalue weighted by Gasteiger charge is -2.41. The van der Waals surface area contributed by atoms with E-state index in [2.05, 4.69) is 60.8 Å². The normalized spacial score (nSPS) is 34.2. The Bertz CT molecular complexity index is 730. The van der Waals surface area contributed by atoms with Crippen molar-refractivity contribution in [2.24, 2.45) is 29.2 Å². The molecular weight excluding hydrogens is 366 g/mol. The zero-order valence-electron chi connectivity index (χ0n) is 18.7. The monoisotopic (exact) mass is 407 g/mol. The summed E-state index contributed by atoms with van der Waals surface area (Å²) in [6.45, 7) is 2.41. The van der Waals surface area contributed by atoms with Crippen LogP contribution in [0, 0.1) is 17.8 Å². The molecule has 1 fully saturated rings. The van der Waals surface area contributed by atoms with E-state index in [4.69, 9.17) is 11.5 Å². The molecule has 0 amide bonds. The van der Waals surface area contributed by atoms with Crippen LogP contribution < -0.4 is 16.8 Å². The minimum Gasteiger partial charge on any atom is -0.316 e. The molecule has 0 radical (unpaired) electrons. The topological polar surface area (TPSA) is 64.1 Å². The van der Waals surface area contributed by atoms with Crippen LogP contribution >= 0.6 is 0 Å². The molecule has 30 heavy (non-hydrogen) atoms. The van der Waals surface area contributed by atoms with E-state index in [-0.39, 0.29) is 12.3 Å². The molecule has 3 heteroatoms. The second-order valence-electron chi connectivity index (χ2n) is 10.3. The third kappa shape index (κ3) is 5.07. The fraction of sp³-hybridized carbons (Fsp3) is 0.630. The van der Waals surface area contributed by atoms with Crippen molar-refractivity contribution in [3.63, 3.8) is 0 Å². The number of hydrogen-bond acceptors (Lipinski definition) is 3. The van der Waals surface area contributed by atoms with E-state index in [0.29, 0.717) is 17.3 Å². The fourth-order valence-corrected chi connectivity index (χ4v) is 5.96. The van der Waals surface area contributed by atoms with E-state index in [1.807, 2.05) is 0 Å². The SMILES string of the molecule is CC1(c2ccccc2)CCC(C(N)NC(N)C2CC=C(C3CC=CCC3)CC2)CC1. The van der Waals surface area contributed by atoms with Gasteiger partial charge in [0, 0.05) is 0 Å². The Kier molecular flexibility index (Phi) is 7.12. The van der Waals surface area contributed by atoms with Crippen LogP contribution in [-0.4, -0.2) is 12.3 Å². The highest BCUT2D eigenvalue weighted by molar-refractivity contribution is 5.25. The first kappa shape index (κ1) is 21.8. The first-order valence-corrected chi connectivity index (χ1v) is 12.2. The number of allylic oxidation sites excluding steroid dienone is 4. The predicted molar refractivity (Wildman–Crippen MR) is 127 cm³/mol. The molecule has 1 aromatic carbocycles. The first-order chi connectivity index (χ1) is 14.5. The maximum atomic E-state index is 6.61. The number of hydrogen-bond donors (Lipinski definition) is 3. The standard InChI is InChI=1S/C27H41N3/c1-27(24-10-6-3-7-11-24)18-16-23(17-19-27)26(29)30-25(28)22-14-12-21(13-15-22)20-8-4-2-5-9-20/h2-4,6-7,10-12,20,22-23,25-26,30H,5,8-9,13-19,28-29H2,1H3. The molecule has 3 aliphatic rings. The van der Waals surface area contributed by atoms with Crippen molar-refractivity contribution < 1.29 is 0 Å². The van der Waals surface area contributed by atoms with E-state index in [0.717, 1.165) is 12.3 Å². The van der Waals surface area contributed by atoms with Crippen LogP contribution in [0.1, 0.15) is 76.7 Å². The predicted octanol–water partition coefficient (Wildman–Crippen LogP) is 5.38. The summed E-state index contributed by atoms with van der Waals surface area (Å²) in [5.41, 5.74) is 16.6. The molecule has 4 unspecified atom stereocenters. The Hall–Kier alpha value is -1.42. The average Bonchev–Trinajstić information content (AvgIpc) is 2.81. The molecule has 0 saturated heterocycles. The number of nitrogens with one attached hydrogen (secondary N) is 1. The molecule has 0 bridgehead atoms. The van der Waals surface area contributed by atoms with Gasteiger partial charge in [0.25, 0.3) is 0 Å². The van der Waals surface area contributed by atoms with Crippen LogP contribution in [0.25, 0.3) is 0 Å². The van der Waals surface area contributed by atoms with E-state index in [1.54, 1.807) is 5.57 Å². The third-order valence-electron chi connectivity index (χ3n) is 8.29. The van der Waals surface area contributed by atoms with Crippen LogP contribution in [0.15, 0.2) is 54.1 Å². The van der Waals surface area contributed by atoms with Gasteiger partial charge in [-0.1, -0.05) is 61.1 Å². The lowest BCUT2D eigenvalue weighted by molar-refractivity contribution is 0.182. The molecule has 3 nitrogen and oxygen atoms in total.